The van der Waals surface area contributed by atoms with Gasteiger partial charge in [0.1, 0.15) is 5.82 Å². The van der Waals surface area contributed by atoms with Crippen molar-refractivity contribution in [2.45, 2.75) is 32.4 Å². The molecule has 0 saturated carbocycles. The maximum absolute atomic E-state index is 13.2. The van der Waals surface area contributed by atoms with Gasteiger partial charge in [0.15, 0.2) is 0 Å². The zero-order valence-corrected chi connectivity index (χ0v) is 13.9. The van der Waals surface area contributed by atoms with Crippen LogP contribution in [0.2, 0.25) is 0 Å². The van der Waals surface area contributed by atoms with Crippen molar-refractivity contribution in [1.82, 2.24) is 10.6 Å². The second-order valence-electron chi connectivity index (χ2n) is 5.96. The highest BCUT2D eigenvalue weighted by molar-refractivity contribution is 7.19. The number of amides is 2. The molecule has 2 amide bonds. The molecule has 0 bridgehead atoms. The lowest BCUT2D eigenvalue weighted by molar-refractivity contribution is 0.0571. The normalized spacial score (nSPS) is 17.1. The monoisotopic (exact) mass is 336 g/mol. The molecule has 0 aliphatic carbocycles. The van der Waals surface area contributed by atoms with Gasteiger partial charge in [0.05, 0.1) is 6.54 Å². The van der Waals surface area contributed by atoms with Crippen LogP contribution >= 0.6 is 11.3 Å². The number of benzene rings is 1. The number of halogens is 1. The van der Waals surface area contributed by atoms with E-state index in [4.69, 9.17) is 4.74 Å². The molecule has 3 rings (SSSR count). The van der Waals surface area contributed by atoms with Crippen LogP contribution in [0, 0.1) is 11.7 Å². The fraction of sp³-hybridized carbons (Fsp3) is 0.471. The van der Waals surface area contributed by atoms with E-state index in [9.17, 15) is 9.18 Å². The highest BCUT2D eigenvalue weighted by atomic mass is 32.1. The average molecular weight is 336 g/mol. The van der Waals surface area contributed by atoms with Gasteiger partial charge in [0, 0.05) is 28.8 Å². The summed E-state index contributed by atoms with van der Waals surface area (Å²) < 4.78 is 19.6. The van der Waals surface area contributed by atoms with Crippen molar-refractivity contribution in [1.29, 1.82) is 0 Å². The summed E-state index contributed by atoms with van der Waals surface area (Å²) >= 11 is 1.57. The van der Waals surface area contributed by atoms with Crippen LogP contribution in [-0.4, -0.2) is 25.3 Å². The van der Waals surface area contributed by atoms with Gasteiger partial charge in [-0.1, -0.05) is 0 Å². The van der Waals surface area contributed by atoms with Crippen molar-refractivity contribution in [3.63, 3.8) is 0 Å². The third kappa shape index (κ3) is 4.20. The zero-order chi connectivity index (χ0) is 16.2. The summed E-state index contributed by atoms with van der Waals surface area (Å²) in [5.74, 6) is 0.236. The first kappa shape index (κ1) is 16.2. The van der Waals surface area contributed by atoms with E-state index in [1.807, 2.05) is 13.0 Å². The number of carbonyl (C=O) groups is 1. The molecule has 0 spiro atoms. The topological polar surface area (TPSA) is 50.4 Å². The Kier molecular flexibility index (Phi) is 5.13. The molecule has 1 aliphatic heterocycles. The summed E-state index contributed by atoms with van der Waals surface area (Å²) in [5, 5.41) is 6.76. The second-order valence-corrected chi connectivity index (χ2v) is 7.13. The van der Waals surface area contributed by atoms with Crippen LogP contribution in [0.1, 0.15) is 24.6 Å². The van der Waals surface area contributed by atoms with E-state index in [1.54, 1.807) is 17.4 Å². The van der Waals surface area contributed by atoms with Crippen LogP contribution in [0.4, 0.5) is 9.18 Å². The zero-order valence-electron chi connectivity index (χ0n) is 13.1. The van der Waals surface area contributed by atoms with Crippen molar-refractivity contribution < 1.29 is 13.9 Å². The molecule has 23 heavy (non-hydrogen) atoms. The maximum Gasteiger partial charge on any atom is 0.315 e. The van der Waals surface area contributed by atoms with E-state index in [0.717, 1.165) is 41.0 Å². The van der Waals surface area contributed by atoms with Gasteiger partial charge in [0.25, 0.3) is 0 Å². The first-order chi connectivity index (χ1) is 11.1. The van der Waals surface area contributed by atoms with E-state index in [2.05, 4.69) is 10.6 Å². The van der Waals surface area contributed by atoms with Gasteiger partial charge in [-0.2, -0.15) is 0 Å². The predicted molar refractivity (Wildman–Crippen MR) is 90.2 cm³/mol. The van der Waals surface area contributed by atoms with Crippen molar-refractivity contribution >= 4 is 27.5 Å². The third-order valence-electron chi connectivity index (χ3n) is 4.28. The molecule has 1 atom stereocenters. The van der Waals surface area contributed by atoms with Crippen LogP contribution in [0.3, 0.4) is 0 Å². The molecule has 2 N–H and O–H groups in total. The van der Waals surface area contributed by atoms with Crippen LogP contribution in [0.5, 0.6) is 0 Å². The van der Waals surface area contributed by atoms with Crippen LogP contribution < -0.4 is 10.6 Å². The highest BCUT2D eigenvalue weighted by Gasteiger charge is 2.21. The Morgan fingerprint density at radius 2 is 2.17 bits per heavy atom. The summed E-state index contributed by atoms with van der Waals surface area (Å²) in [5.41, 5.74) is 0. The number of hydrogen-bond acceptors (Lipinski definition) is 3. The molecule has 2 aromatic rings. The molecule has 1 aromatic carbocycles. The summed E-state index contributed by atoms with van der Waals surface area (Å²) in [4.78, 5) is 13.0. The Hall–Kier alpha value is -1.66. The molecule has 124 valence electrons. The Morgan fingerprint density at radius 3 is 2.96 bits per heavy atom. The van der Waals surface area contributed by atoms with Gasteiger partial charge < -0.3 is 15.4 Å². The van der Waals surface area contributed by atoms with Crippen molar-refractivity contribution in [2.24, 2.45) is 5.92 Å². The summed E-state index contributed by atoms with van der Waals surface area (Å²) in [6, 6.07) is 6.64. The standard InChI is InChI=1S/C17H21FN2O2S/c1-11(12-4-6-22-7-5-12)20-17(21)19-10-15-9-13-8-14(18)2-3-16(13)23-15/h2-3,8-9,11-12H,4-7,10H2,1H3,(H2,19,20,21). The lowest BCUT2D eigenvalue weighted by Crippen LogP contribution is -2.45. The third-order valence-corrected chi connectivity index (χ3v) is 5.40. The molecule has 4 nitrogen and oxygen atoms in total. The number of carbonyl (C=O) groups excluding carboxylic acids is 1. The molecule has 2 heterocycles. The van der Waals surface area contributed by atoms with Gasteiger partial charge in [-0.05, 0) is 55.3 Å². The number of fused-ring (bicyclic) bond motifs is 1. The predicted octanol–water partition coefficient (Wildman–Crippen LogP) is 3.65. The first-order valence-electron chi connectivity index (χ1n) is 7.92. The molecular formula is C17H21FN2O2S. The molecule has 0 radical (unpaired) electrons. The van der Waals surface area contributed by atoms with E-state index < -0.39 is 0 Å². The van der Waals surface area contributed by atoms with Gasteiger partial charge in [0.2, 0.25) is 0 Å². The van der Waals surface area contributed by atoms with E-state index >= 15 is 0 Å². The summed E-state index contributed by atoms with van der Waals surface area (Å²) in [6.07, 6.45) is 1.98. The molecule has 1 aliphatic rings. The first-order valence-corrected chi connectivity index (χ1v) is 8.73. The minimum absolute atomic E-state index is 0.135. The van der Waals surface area contributed by atoms with Gasteiger partial charge in [-0.25, -0.2) is 9.18 Å². The molecule has 6 heteroatoms. The number of urea groups is 1. The Bertz CT molecular complexity index is 682. The molecule has 1 fully saturated rings. The van der Waals surface area contributed by atoms with Crippen molar-refractivity contribution in [3.05, 3.63) is 35.0 Å². The fourth-order valence-electron chi connectivity index (χ4n) is 2.92. The van der Waals surface area contributed by atoms with E-state index in [1.165, 1.54) is 12.1 Å². The highest BCUT2D eigenvalue weighted by Crippen LogP contribution is 2.26. The van der Waals surface area contributed by atoms with Crippen LogP contribution in [0.15, 0.2) is 24.3 Å². The van der Waals surface area contributed by atoms with Gasteiger partial charge in [-0.3, -0.25) is 0 Å². The van der Waals surface area contributed by atoms with Crippen molar-refractivity contribution in [2.75, 3.05) is 13.2 Å². The largest absolute Gasteiger partial charge is 0.381 e. The number of thiophene rings is 1. The van der Waals surface area contributed by atoms with Crippen molar-refractivity contribution in [3.8, 4) is 0 Å². The van der Waals surface area contributed by atoms with E-state index in [-0.39, 0.29) is 17.9 Å². The maximum atomic E-state index is 13.2. The molecule has 1 unspecified atom stereocenters. The SMILES string of the molecule is CC(NC(=O)NCc1cc2cc(F)ccc2s1)C1CCOCC1. The minimum Gasteiger partial charge on any atom is -0.381 e. The second kappa shape index (κ2) is 7.27. The number of rotatable bonds is 4. The lowest BCUT2D eigenvalue weighted by atomic mass is 9.93. The summed E-state index contributed by atoms with van der Waals surface area (Å²) in [6.45, 7) is 4.04. The minimum atomic E-state index is -0.238. The van der Waals surface area contributed by atoms with Crippen LogP contribution in [-0.2, 0) is 11.3 Å². The smallest absolute Gasteiger partial charge is 0.315 e. The number of hydrogen-bond donors (Lipinski definition) is 2. The van der Waals surface area contributed by atoms with Crippen LogP contribution in [0.25, 0.3) is 10.1 Å². The molecule has 1 saturated heterocycles. The Labute approximate surface area is 139 Å². The van der Waals surface area contributed by atoms with Gasteiger partial charge >= 0.3 is 6.03 Å². The molecule has 1 aromatic heterocycles. The summed E-state index contributed by atoms with van der Waals surface area (Å²) in [7, 11) is 0. The molecular weight excluding hydrogens is 315 g/mol. The lowest BCUT2D eigenvalue weighted by Gasteiger charge is -2.28. The average Bonchev–Trinajstić information content (AvgIpc) is 2.95. The number of nitrogens with one attached hydrogen (secondary N) is 2. The quantitative estimate of drug-likeness (QED) is 0.895. The Balaban J connectivity index is 1.51. The fourth-order valence-corrected chi connectivity index (χ4v) is 3.90. The van der Waals surface area contributed by atoms with E-state index in [0.29, 0.717) is 12.5 Å². The van der Waals surface area contributed by atoms with Gasteiger partial charge in [-0.15, -0.1) is 11.3 Å². The Morgan fingerprint density at radius 1 is 1.39 bits per heavy atom. The number of ether oxygens (including phenoxy) is 1.